The normalized spacial score (nSPS) is 20.3. The van der Waals surface area contributed by atoms with Gasteiger partial charge in [0.05, 0.1) is 19.3 Å². The number of hydrogen-bond acceptors (Lipinski definition) is 3. The monoisotopic (exact) mass is 287 g/mol. The molecule has 1 aromatic carbocycles. The fourth-order valence-corrected chi connectivity index (χ4v) is 3.09. The molecule has 0 radical (unpaired) electrons. The van der Waals surface area contributed by atoms with Crippen molar-refractivity contribution in [2.24, 2.45) is 0 Å². The van der Waals surface area contributed by atoms with Gasteiger partial charge in [0, 0.05) is 16.2 Å². The second-order valence-electron chi connectivity index (χ2n) is 5.33. The molecule has 4 heteroatoms. The van der Waals surface area contributed by atoms with Crippen LogP contribution in [-0.4, -0.2) is 24.5 Å². The summed E-state index contributed by atoms with van der Waals surface area (Å²) in [5, 5.41) is 3.52. The summed E-state index contributed by atoms with van der Waals surface area (Å²) in [4.78, 5) is 1.36. The maximum absolute atomic E-state index is 5.55. The zero-order valence-corrected chi connectivity index (χ0v) is 12.9. The minimum absolute atomic E-state index is 0. The van der Waals surface area contributed by atoms with Crippen LogP contribution in [0.25, 0.3) is 0 Å². The van der Waals surface area contributed by atoms with Gasteiger partial charge in [-0.1, -0.05) is 39.0 Å². The number of hydrogen-bond donors (Lipinski definition) is 1. The first-order valence-corrected chi connectivity index (χ1v) is 6.97. The Bertz CT molecular complexity index is 372. The maximum Gasteiger partial charge on any atom is 0.0662 e. The topological polar surface area (TPSA) is 21.3 Å². The summed E-state index contributed by atoms with van der Waals surface area (Å²) in [7, 11) is 0. The van der Waals surface area contributed by atoms with Crippen molar-refractivity contribution in [3.8, 4) is 0 Å². The van der Waals surface area contributed by atoms with E-state index in [1.54, 1.807) is 0 Å². The summed E-state index contributed by atoms with van der Waals surface area (Å²) < 4.78 is 5.79. The van der Waals surface area contributed by atoms with Gasteiger partial charge in [-0.2, -0.15) is 0 Å². The first-order chi connectivity index (χ1) is 8.06. The van der Waals surface area contributed by atoms with Gasteiger partial charge in [0.1, 0.15) is 0 Å². The molecule has 0 spiro atoms. The molecule has 1 aliphatic rings. The predicted octanol–water partition coefficient (Wildman–Crippen LogP) is 3.66. The van der Waals surface area contributed by atoms with Crippen molar-refractivity contribution in [3.63, 3.8) is 0 Å². The molecule has 0 unspecified atom stereocenters. The minimum Gasteiger partial charge on any atom is -0.378 e. The third-order valence-electron chi connectivity index (χ3n) is 2.63. The Labute approximate surface area is 120 Å². The lowest BCUT2D eigenvalue weighted by molar-refractivity contribution is 0.0761. The van der Waals surface area contributed by atoms with E-state index in [9.17, 15) is 0 Å². The summed E-state index contributed by atoms with van der Waals surface area (Å²) in [5.41, 5.74) is 1.37. The number of nitrogens with one attached hydrogen (secondary N) is 1. The van der Waals surface area contributed by atoms with Crippen LogP contribution in [-0.2, 0) is 4.74 Å². The highest BCUT2D eigenvalue weighted by molar-refractivity contribution is 8.00. The van der Waals surface area contributed by atoms with E-state index in [4.69, 9.17) is 4.74 Å². The molecule has 2 rings (SSSR count). The van der Waals surface area contributed by atoms with Crippen LogP contribution < -0.4 is 5.32 Å². The Hall–Kier alpha value is -0.220. The summed E-state index contributed by atoms with van der Waals surface area (Å²) in [6, 6.07) is 8.98. The van der Waals surface area contributed by atoms with Crippen molar-refractivity contribution >= 4 is 24.2 Å². The van der Waals surface area contributed by atoms with Crippen molar-refractivity contribution < 1.29 is 4.74 Å². The Morgan fingerprint density at radius 2 is 2.00 bits per heavy atom. The molecule has 1 aliphatic heterocycles. The molecular formula is C14H22ClNOS. The highest BCUT2D eigenvalue weighted by Gasteiger charge is 2.21. The Morgan fingerprint density at radius 3 is 2.61 bits per heavy atom. The predicted molar refractivity (Wildman–Crippen MR) is 80.9 cm³/mol. The van der Waals surface area contributed by atoms with Crippen LogP contribution in [0.15, 0.2) is 29.2 Å². The summed E-state index contributed by atoms with van der Waals surface area (Å²) >= 11 is 1.93. The number of morpholine rings is 1. The highest BCUT2D eigenvalue weighted by atomic mass is 35.5. The van der Waals surface area contributed by atoms with Gasteiger partial charge in [-0.15, -0.1) is 24.2 Å². The van der Waals surface area contributed by atoms with E-state index in [-0.39, 0.29) is 17.2 Å². The third kappa shape index (κ3) is 4.47. The van der Waals surface area contributed by atoms with Gasteiger partial charge in [-0.05, 0) is 11.6 Å². The number of ether oxygens (including phenoxy) is 1. The molecule has 1 fully saturated rings. The Morgan fingerprint density at radius 1 is 1.28 bits per heavy atom. The van der Waals surface area contributed by atoms with Gasteiger partial charge in [0.2, 0.25) is 0 Å². The SMILES string of the molecule is CC(C)(C)Sc1ccccc1[C@H]1COCCN1.Cl. The molecule has 102 valence electrons. The number of benzene rings is 1. The molecule has 1 atom stereocenters. The quantitative estimate of drug-likeness (QED) is 0.839. The van der Waals surface area contributed by atoms with Crippen LogP contribution in [0.3, 0.4) is 0 Å². The lowest BCUT2D eigenvalue weighted by atomic mass is 10.1. The van der Waals surface area contributed by atoms with Gasteiger partial charge in [-0.3, -0.25) is 0 Å². The smallest absolute Gasteiger partial charge is 0.0662 e. The standard InChI is InChI=1S/C14H21NOS.ClH/c1-14(2,3)17-13-7-5-4-6-11(13)12-10-16-9-8-15-12;/h4-7,12,15H,8-10H2,1-3H3;1H/t12-;/m1./s1. The molecule has 1 saturated heterocycles. The number of rotatable bonds is 2. The second kappa shape index (κ2) is 6.80. The van der Waals surface area contributed by atoms with Crippen molar-refractivity contribution in [3.05, 3.63) is 29.8 Å². The molecule has 1 N–H and O–H groups in total. The fraction of sp³-hybridized carbons (Fsp3) is 0.571. The second-order valence-corrected chi connectivity index (χ2v) is 7.20. The third-order valence-corrected chi connectivity index (χ3v) is 3.84. The first kappa shape index (κ1) is 15.8. The molecule has 2 nitrogen and oxygen atoms in total. The summed E-state index contributed by atoms with van der Waals surface area (Å²) in [6.45, 7) is 9.30. The molecule has 1 aromatic rings. The molecule has 0 saturated carbocycles. The maximum atomic E-state index is 5.55. The van der Waals surface area contributed by atoms with E-state index in [2.05, 4.69) is 50.4 Å². The average molecular weight is 288 g/mol. The molecular weight excluding hydrogens is 266 g/mol. The molecule has 0 amide bonds. The zero-order chi connectivity index (χ0) is 12.3. The van der Waals surface area contributed by atoms with Gasteiger partial charge < -0.3 is 10.1 Å². The summed E-state index contributed by atoms with van der Waals surface area (Å²) in [5.74, 6) is 0. The van der Waals surface area contributed by atoms with Crippen molar-refractivity contribution in [2.45, 2.75) is 36.5 Å². The van der Waals surface area contributed by atoms with Crippen molar-refractivity contribution in [2.75, 3.05) is 19.8 Å². The van der Waals surface area contributed by atoms with E-state index < -0.39 is 0 Å². The van der Waals surface area contributed by atoms with Crippen LogP contribution in [0, 0.1) is 0 Å². The van der Waals surface area contributed by atoms with E-state index in [0.29, 0.717) is 6.04 Å². The lowest BCUT2D eigenvalue weighted by Gasteiger charge is -2.27. The van der Waals surface area contributed by atoms with E-state index in [1.807, 2.05) is 11.8 Å². The fourth-order valence-electron chi connectivity index (χ4n) is 1.96. The van der Waals surface area contributed by atoms with Gasteiger partial charge >= 0.3 is 0 Å². The van der Waals surface area contributed by atoms with E-state index in [1.165, 1.54) is 10.5 Å². The lowest BCUT2D eigenvalue weighted by Crippen LogP contribution is -2.34. The summed E-state index contributed by atoms with van der Waals surface area (Å²) in [6.07, 6.45) is 0. The van der Waals surface area contributed by atoms with Gasteiger partial charge in [0.25, 0.3) is 0 Å². The minimum atomic E-state index is 0. The molecule has 1 heterocycles. The van der Waals surface area contributed by atoms with E-state index in [0.717, 1.165) is 19.8 Å². The molecule has 18 heavy (non-hydrogen) atoms. The number of halogens is 1. The first-order valence-electron chi connectivity index (χ1n) is 6.15. The van der Waals surface area contributed by atoms with Crippen LogP contribution in [0.2, 0.25) is 0 Å². The van der Waals surface area contributed by atoms with Gasteiger partial charge in [-0.25, -0.2) is 0 Å². The molecule has 0 bridgehead atoms. The van der Waals surface area contributed by atoms with Crippen molar-refractivity contribution in [1.82, 2.24) is 5.32 Å². The number of thioether (sulfide) groups is 1. The van der Waals surface area contributed by atoms with Crippen LogP contribution in [0.5, 0.6) is 0 Å². The molecule has 0 aromatic heterocycles. The van der Waals surface area contributed by atoms with Crippen molar-refractivity contribution in [1.29, 1.82) is 0 Å². The Balaban J connectivity index is 0.00000162. The van der Waals surface area contributed by atoms with Gasteiger partial charge in [0.15, 0.2) is 0 Å². The van der Waals surface area contributed by atoms with Crippen LogP contribution in [0.1, 0.15) is 32.4 Å². The van der Waals surface area contributed by atoms with Crippen LogP contribution in [0.4, 0.5) is 0 Å². The largest absolute Gasteiger partial charge is 0.378 e. The Kier molecular flexibility index (Phi) is 5.99. The van der Waals surface area contributed by atoms with Crippen LogP contribution >= 0.6 is 24.2 Å². The van der Waals surface area contributed by atoms with E-state index >= 15 is 0 Å². The molecule has 0 aliphatic carbocycles. The zero-order valence-electron chi connectivity index (χ0n) is 11.2. The average Bonchev–Trinajstić information content (AvgIpc) is 2.29. The highest BCUT2D eigenvalue weighted by Crippen LogP contribution is 2.36.